The summed E-state index contributed by atoms with van der Waals surface area (Å²) in [4.78, 5) is 8.56. The van der Waals surface area contributed by atoms with Crippen LogP contribution in [0, 0.1) is 0 Å². The summed E-state index contributed by atoms with van der Waals surface area (Å²) in [5.74, 6) is 0. The molecule has 0 aromatic heterocycles. The Kier molecular flexibility index (Phi) is 26.1. The van der Waals surface area contributed by atoms with Gasteiger partial charge in [0, 0.05) is 0 Å². The third-order valence-corrected chi connectivity index (χ3v) is 0. The van der Waals surface area contributed by atoms with Gasteiger partial charge in [-0.25, -0.2) is 4.79 Å². The molecule has 0 aromatic carbocycles. The molecule has 0 aliphatic rings. The molecule has 10 heteroatoms. The Labute approximate surface area is 150 Å². The van der Waals surface area contributed by atoms with Crippen LogP contribution in [0.5, 0.6) is 0 Å². The van der Waals surface area contributed by atoms with E-state index in [0.717, 1.165) is 0 Å². The van der Waals surface area contributed by atoms with Gasteiger partial charge in [-0.2, -0.15) is 8.42 Å². The van der Waals surface area contributed by atoms with E-state index in [1.54, 1.807) is 0 Å². The SMILES string of the molecule is O=C(O)O.O=S(=O)(O)O.[Ba+2].[H-].[H-].[H-].[K+]. The second kappa shape index (κ2) is 12.3. The molecule has 4 N–H and O–H groups in total. The van der Waals surface area contributed by atoms with Crippen molar-refractivity contribution in [3.8, 4) is 0 Å². The molecule has 0 saturated heterocycles. The Morgan fingerprint density at radius 1 is 1.18 bits per heavy atom. The number of rotatable bonds is 0. The van der Waals surface area contributed by atoms with E-state index >= 15 is 0 Å². The molecule has 0 rings (SSSR count). The minimum Gasteiger partial charge on any atom is -1.00 e. The fraction of sp³-hybridized carbons (Fsp3) is 0. The van der Waals surface area contributed by atoms with Crippen LogP contribution in [0.4, 0.5) is 4.79 Å². The third kappa shape index (κ3) is 240. The quantitative estimate of drug-likeness (QED) is 0.266. The van der Waals surface area contributed by atoms with Crippen molar-refractivity contribution in [3.05, 3.63) is 0 Å². The summed E-state index contributed by atoms with van der Waals surface area (Å²) in [7, 11) is -4.67. The molecule has 7 nitrogen and oxygen atoms in total. The van der Waals surface area contributed by atoms with E-state index in [1.165, 1.54) is 0 Å². The van der Waals surface area contributed by atoms with Crippen LogP contribution < -0.4 is 51.4 Å². The second-order valence-electron chi connectivity index (χ2n) is 0.730. The predicted octanol–water partition coefficient (Wildman–Crippen LogP) is -3.47. The molecular formula is CH7BaKO7S. The first-order valence-electron chi connectivity index (χ1n) is 1.35. The van der Waals surface area contributed by atoms with E-state index in [9.17, 15) is 0 Å². The molecule has 62 valence electrons. The molecule has 0 unspecified atom stereocenters. The van der Waals surface area contributed by atoms with Crippen molar-refractivity contribution >= 4 is 65.4 Å². The monoisotopic (exact) mass is 340 g/mol. The molecule has 0 aliphatic carbocycles. The van der Waals surface area contributed by atoms with Gasteiger partial charge in [-0.15, -0.1) is 0 Å². The molecule has 0 saturated carbocycles. The van der Waals surface area contributed by atoms with E-state index in [2.05, 4.69) is 0 Å². The predicted molar refractivity (Wildman–Crippen MR) is 33.9 cm³/mol. The Bertz CT molecular complexity index is 171. The van der Waals surface area contributed by atoms with Gasteiger partial charge in [-0.3, -0.25) is 9.11 Å². The maximum absolute atomic E-state index is 8.74. The Morgan fingerprint density at radius 3 is 1.18 bits per heavy atom. The number of hydrogen-bond donors (Lipinski definition) is 4. The largest absolute Gasteiger partial charge is 2.00 e. The fourth-order valence-corrected chi connectivity index (χ4v) is 0. The van der Waals surface area contributed by atoms with E-state index in [4.69, 9.17) is 32.5 Å². The number of hydrogen-bond acceptors (Lipinski definition) is 3. The minimum absolute atomic E-state index is 0. The van der Waals surface area contributed by atoms with E-state index < -0.39 is 16.6 Å². The van der Waals surface area contributed by atoms with E-state index in [0.29, 0.717) is 0 Å². The normalized spacial score (nSPS) is 7.45. The van der Waals surface area contributed by atoms with Crippen LogP contribution >= 0.6 is 0 Å². The molecule has 0 amide bonds. The summed E-state index contributed by atoms with van der Waals surface area (Å²) in [5, 5.41) is 13.9. The first kappa shape index (κ1) is 23.3. The smallest absolute Gasteiger partial charge is 1.00 e. The summed E-state index contributed by atoms with van der Waals surface area (Å²) in [6, 6.07) is 0. The first-order chi connectivity index (χ1) is 3.73. The van der Waals surface area contributed by atoms with Crippen LogP contribution in [0.25, 0.3) is 0 Å². The average Bonchev–Trinajstić information content (AvgIpc) is 1.19. The zero-order valence-corrected chi connectivity index (χ0v) is 14.0. The van der Waals surface area contributed by atoms with Crippen LogP contribution in [0.2, 0.25) is 0 Å². The van der Waals surface area contributed by atoms with Gasteiger partial charge < -0.3 is 14.5 Å². The van der Waals surface area contributed by atoms with Crippen molar-refractivity contribution < 1.29 is 88.2 Å². The van der Waals surface area contributed by atoms with Gasteiger partial charge in [0.1, 0.15) is 0 Å². The van der Waals surface area contributed by atoms with Crippen molar-refractivity contribution in [2.75, 3.05) is 0 Å². The molecule has 0 heterocycles. The van der Waals surface area contributed by atoms with Gasteiger partial charge in [0.15, 0.2) is 0 Å². The second-order valence-corrected chi connectivity index (χ2v) is 1.63. The van der Waals surface area contributed by atoms with Crippen molar-refractivity contribution in [1.29, 1.82) is 0 Å². The Hall–Kier alpha value is 2.35. The summed E-state index contributed by atoms with van der Waals surface area (Å²) in [6.45, 7) is 0. The topological polar surface area (TPSA) is 132 Å². The molecule has 11 heavy (non-hydrogen) atoms. The van der Waals surface area contributed by atoms with Crippen LogP contribution in [-0.2, 0) is 10.4 Å². The van der Waals surface area contributed by atoms with Gasteiger partial charge in [-0.1, -0.05) is 0 Å². The standard InChI is InChI=1S/CH2O3.Ba.K.H2O4S.3H/c2-1(3)4;;;1-5(2,3)4;;;/h(H2,2,3,4);;;(H2,1,2,3,4);;;/q;+2;+1;;3*-1. The van der Waals surface area contributed by atoms with E-state index in [1.807, 2.05) is 0 Å². The Morgan fingerprint density at radius 2 is 1.18 bits per heavy atom. The molecule has 0 atom stereocenters. The van der Waals surface area contributed by atoms with Crippen LogP contribution in [-0.4, -0.2) is 82.8 Å². The first-order valence-corrected chi connectivity index (χ1v) is 2.75. The van der Waals surface area contributed by atoms with Crippen molar-refractivity contribution in [3.63, 3.8) is 0 Å². The molecule has 0 aliphatic heterocycles. The number of carbonyl (C=O) groups is 1. The minimum atomic E-state index is -4.67. The average molecular weight is 340 g/mol. The van der Waals surface area contributed by atoms with Crippen molar-refractivity contribution in [2.45, 2.75) is 0 Å². The molecule has 0 radical (unpaired) electrons. The summed E-state index contributed by atoms with van der Waals surface area (Å²) in [5.41, 5.74) is 0. The third-order valence-electron chi connectivity index (χ3n) is 0. The molecular weight excluding hydrogens is 332 g/mol. The zero-order valence-electron chi connectivity index (χ0n) is 8.63. The van der Waals surface area contributed by atoms with Crippen LogP contribution in [0.3, 0.4) is 0 Å². The van der Waals surface area contributed by atoms with Crippen molar-refractivity contribution in [1.82, 2.24) is 0 Å². The molecule has 0 bridgehead atoms. The van der Waals surface area contributed by atoms with Crippen molar-refractivity contribution in [2.24, 2.45) is 0 Å². The van der Waals surface area contributed by atoms with Gasteiger partial charge in [0.2, 0.25) is 0 Å². The maximum atomic E-state index is 8.74. The van der Waals surface area contributed by atoms with Crippen LogP contribution in [0.1, 0.15) is 4.28 Å². The molecule has 0 spiro atoms. The Balaban J connectivity index is -0.0000000104. The molecule has 0 aromatic rings. The summed E-state index contributed by atoms with van der Waals surface area (Å²) in [6.07, 6.45) is -1.83. The fourth-order valence-electron chi connectivity index (χ4n) is 0. The van der Waals surface area contributed by atoms with Gasteiger partial charge in [0.05, 0.1) is 0 Å². The zero-order chi connectivity index (χ0) is 8.08. The summed E-state index contributed by atoms with van der Waals surface area (Å²) >= 11 is 0. The van der Waals surface area contributed by atoms with Gasteiger partial charge >= 0.3 is 117 Å². The molecule has 0 fully saturated rings. The van der Waals surface area contributed by atoms with Gasteiger partial charge in [-0.05, 0) is 0 Å². The van der Waals surface area contributed by atoms with Crippen LogP contribution in [0.15, 0.2) is 0 Å². The van der Waals surface area contributed by atoms with E-state index in [-0.39, 0.29) is 105 Å². The maximum Gasteiger partial charge on any atom is 2.00 e. The van der Waals surface area contributed by atoms with Gasteiger partial charge in [0.25, 0.3) is 0 Å². The summed E-state index contributed by atoms with van der Waals surface area (Å²) < 4.78 is 31.6. The number of carboxylic acid groups (broad SMARTS) is 2.